The molecule has 82 valence electrons. The van der Waals surface area contributed by atoms with E-state index in [1.807, 2.05) is 42.2 Å². The van der Waals surface area contributed by atoms with Gasteiger partial charge in [0.2, 0.25) is 0 Å². The minimum atomic E-state index is 0.649. The van der Waals surface area contributed by atoms with Crippen LogP contribution >= 0.6 is 11.8 Å². The van der Waals surface area contributed by atoms with Crippen molar-refractivity contribution >= 4 is 22.8 Å². The molecule has 0 bridgehead atoms. The van der Waals surface area contributed by atoms with Crippen molar-refractivity contribution in [2.75, 3.05) is 13.1 Å². The molecule has 4 heteroatoms. The highest BCUT2D eigenvalue weighted by molar-refractivity contribution is 7.99. The van der Waals surface area contributed by atoms with Gasteiger partial charge in [-0.15, -0.1) is 11.8 Å². The molecule has 1 saturated heterocycles. The molecule has 1 aliphatic heterocycles. The van der Waals surface area contributed by atoms with Crippen molar-refractivity contribution in [1.82, 2.24) is 15.3 Å². The Morgan fingerprint density at radius 2 is 2.12 bits per heavy atom. The van der Waals surface area contributed by atoms with Gasteiger partial charge >= 0.3 is 0 Å². The molecule has 1 fully saturated rings. The number of thioether (sulfide) groups is 1. The van der Waals surface area contributed by atoms with E-state index < -0.39 is 0 Å². The first-order valence-electron chi connectivity index (χ1n) is 5.51. The molecule has 0 saturated carbocycles. The molecule has 2 aromatic rings. The minimum absolute atomic E-state index is 0.649. The normalized spacial score (nSPS) is 20.4. The number of hydrogen-bond acceptors (Lipinski definition) is 4. The van der Waals surface area contributed by atoms with E-state index in [2.05, 4.69) is 15.3 Å². The topological polar surface area (TPSA) is 37.8 Å². The standard InChI is InChI=1S/C12H13N3S/c1-2-4-11-10(3-1)14-8-12(15-11)16-9-5-6-13-7-9/h1-4,8-9,13H,5-7H2/t9-/m1/s1. The summed E-state index contributed by atoms with van der Waals surface area (Å²) in [7, 11) is 0. The number of nitrogens with one attached hydrogen (secondary N) is 1. The fourth-order valence-electron chi connectivity index (χ4n) is 1.90. The van der Waals surface area contributed by atoms with Crippen LogP contribution in [0.2, 0.25) is 0 Å². The lowest BCUT2D eigenvalue weighted by molar-refractivity contribution is 0.858. The van der Waals surface area contributed by atoms with Crippen LogP contribution in [0.15, 0.2) is 35.5 Å². The first-order valence-corrected chi connectivity index (χ1v) is 6.39. The molecular formula is C12H13N3S. The Balaban J connectivity index is 1.86. The molecule has 3 nitrogen and oxygen atoms in total. The van der Waals surface area contributed by atoms with Crippen molar-refractivity contribution in [3.63, 3.8) is 0 Å². The Morgan fingerprint density at radius 1 is 1.25 bits per heavy atom. The van der Waals surface area contributed by atoms with Crippen LogP contribution in [0.5, 0.6) is 0 Å². The van der Waals surface area contributed by atoms with Crippen molar-refractivity contribution in [2.24, 2.45) is 0 Å². The summed E-state index contributed by atoms with van der Waals surface area (Å²) in [6, 6.07) is 8.00. The molecule has 1 aromatic carbocycles. The van der Waals surface area contributed by atoms with E-state index in [0.717, 1.165) is 29.1 Å². The van der Waals surface area contributed by atoms with Crippen LogP contribution in [0.25, 0.3) is 11.0 Å². The van der Waals surface area contributed by atoms with E-state index in [1.165, 1.54) is 6.42 Å². The van der Waals surface area contributed by atoms with Crippen molar-refractivity contribution < 1.29 is 0 Å². The highest BCUT2D eigenvalue weighted by Gasteiger charge is 2.16. The lowest BCUT2D eigenvalue weighted by Gasteiger charge is -2.07. The quantitative estimate of drug-likeness (QED) is 0.858. The first-order chi connectivity index (χ1) is 7.92. The molecule has 0 spiro atoms. The molecule has 1 aliphatic rings. The molecule has 0 aliphatic carbocycles. The molecule has 1 N–H and O–H groups in total. The van der Waals surface area contributed by atoms with Gasteiger partial charge in [-0.25, -0.2) is 4.98 Å². The zero-order valence-electron chi connectivity index (χ0n) is 8.89. The first kappa shape index (κ1) is 10.1. The second-order valence-electron chi connectivity index (χ2n) is 3.93. The largest absolute Gasteiger partial charge is 0.316 e. The van der Waals surface area contributed by atoms with Crippen LogP contribution in [-0.2, 0) is 0 Å². The van der Waals surface area contributed by atoms with E-state index in [-0.39, 0.29) is 0 Å². The maximum atomic E-state index is 4.61. The van der Waals surface area contributed by atoms with Crippen molar-refractivity contribution in [3.8, 4) is 0 Å². The Labute approximate surface area is 98.7 Å². The van der Waals surface area contributed by atoms with Gasteiger partial charge in [-0.3, -0.25) is 4.98 Å². The predicted molar refractivity (Wildman–Crippen MR) is 66.7 cm³/mol. The van der Waals surface area contributed by atoms with Gasteiger partial charge in [0.1, 0.15) is 5.03 Å². The summed E-state index contributed by atoms with van der Waals surface area (Å²) in [6.45, 7) is 2.21. The van der Waals surface area contributed by atoms with Gasteiger partial charge in [-0.1, -0.05) is 12.1 Å². The number of aromatic nitrogens is 2. The molecule has 2 heterocycles. The smallest absolute Gasteiger partial charge is 0.115 e. The predicted octanol–water partition coefficient (Wildman–Crippen LogP) is 2.08. The highest BCUT2D eigenvalue weighted by atomic mass is 32.2. The van der Waals surface area contributed by atoms with E-state index >= 15 is 0 Å². The number of fused-ring (bicyclic) bond motifs is 1. The second-order valence-corrected chi connectivity index (χ2v) is 5.25. The minimum Gasteiger partial charge on any atom is -0.316 e. The Morgan fingerprint density at radius 3 is 2.94 bits per heavy atom. The van der Waals surface area contributed by atoms with Crippen molar-refractivity contribution in [1.29, 1.82) is 0 Å². The fraction of sp³-hybridized carbons (Fsp3) is 0.333. The zero-order valence-corrected chi connectivity index (χ0v) is 9.70. The number of nitrogens with zero attached hydrogens (tertiary/aromatic N) is 2. The van der Waals surface area contributed by atoms with E-state index in [9.17, 15) is 0 Å². The molecule has 1 aromatic heterocycles. The van der Waals surface area contributed by atoms with Gasteiger partial charge in [0.05, 0.1) is 17.2 Å². The van der Waals surface area contributed by atoms with Crippen molar-refractivity contribution in [2.45, 2.75) is 16.7 Å². The molecule has 0 amide bonds. The van der Waals surface area contributed by atoms with Crippen LogP contribution < -0.4 is 5.32 Å². The molecular weight excluding hydrogens is 218 g/mol. The van der Waals surface area contributed by atoms with Crippen LogP contribution in [0.4, 0.5) is 0 Å². The highest BCUT2D eigenvalue weighted by Crippen LogP contribution is 2.25. The molecule has 1 atom stereocenters. The van der Waals surface area contributed by atoms with Gasteiger partial charge in [0, 0.05) is 11.8 Å². The Bertz CT molecular complexity index is 494. The van der Waals surface area contributed by atoms with Gasteiger partial charge in [0.25, 0.3) is 0 Å². The lowest BCUT2D eigenvalue weighted by atomic mass is 10.3. The Kier molecular flexibility index (Phi) is 2.76. The summed E-state index contributed by atoms with van der Waals surface area (Å²) in [5, 5.41) is 5.04. The van der Waals surface area contributed by atoms with Crippen LogP contribution in [0.3, 0.4) is 0 Å². The third-order valence-corrected chi connectivity index (χ3v) is 3.90. The van der Waals surface area contributed by atoms with E-state index in [0.29, 0.717) is 5.25 Å². The molecule has 0 radical (unpaired) electrons. The summed E-state index contributed by atoms with van der Waals surface area (Å²) in [5.41, 5.74) is 1.95. The lowest BCUT2D eigenvalue weighted by Crippen LogP contribution is -2.10. The van der Waals surface area contributed by atoms with E-state index in [1.54, 1.807) is 0 Å². The van der Waals surface area contributed by atoms with E-state index in [4.69, 9.17) is 0 Å². The number of para-hydroxylation sites is 2. The van der Waals surface area contributed by atoms with Crippen LogP contribution in [0.1, 0.15) is 6.42 Å². The third-order valence-electron chi connectivity index (χ3n) is 2.73. The molecule has 3 rings (SSSR count). The molecule has 16 heavy (non-hydrogen) atoms. The third kappa shape index (κ3) is 2.03. The average molecular weight is 231 g/mol. The van der Waals surface area contributed by atoms with Crippen LogP contribution in [0, 0.1) is 0 Å². The summed E-state index contributed by atoms with van der Waals surface area (Å²) < 4.78 is 0. The monoisotopic (exact) mass is 231 g/mol. The maximum absolute atomic E-state index is 4.61. The number of benzene rings is 1. The summed E-state index contributed by atoms with van der Waals surface area (Å²) in [6.07, 6.45) is 3.10. The number of hydrogen-bond donors (Lipinski definition) is 1. The fourth-order valence-corrected chi connectivity index (χ4v) is 2.94. The molecule has 0 unspecified atom stereocenters. The second kappa shape index (κ2) is 4.39. The SMILES string of the molecule is c1ccc2nc(S[C@@H]3CCNC3)cnc2c1. The summed E-state index contributed by atoms with van der Waals surface area (Å²) >= 11 is 1.83. The maximum Gasteiger partial charge on any atom is 0.115 e. The van der Waals surface area contributed by atoms with Crippen LogP contribution in [-0.4, -0.2) is 28.3 Å². The van der Waals surface area contributed by atoms with Gasteiger partial charge in [-0.05, 0) is 25.1 Å². The zero-order chi connectivity index (χ0) is 10.8. The summed E-state index contributed by atoms with van der Waals surface area (Å²) in [5.74, 6) is 0. The van der Waals surface area contributed by atoms with Gasteiger partial charge in [-0.2, -0.15) is 0 Å². The summed E-state index contributed by atoms with van der Waals surface area (Å²) in [4.78, 5) is 9.03. The average Bonchev–Trinajstić information content (AvgIpc) is 2.82. The van der Waals surface area contributed by atoms with Crippen molar-refractivity contribution in [3.05, 3.63) is 30.5 Å². The Hall–Kier alpha value is -1.13. The van der Waals surface area contributed by atoms with Gasteiger partial charge in [0.15, 0.2) is 0 Å². The van der Waals surface area contributed by atoms with Gasteiger partial charge < -0.3 is 5.32 Å². The number of rotatable bonds is 2.